The summed E-state index contributed by atoms with van der Waals surface area (Å²) in [5.41, 5.74) is 1.77. The van der Waals surface area contributed by atoms with Gasteiger partial charge in [0.25, 0.3) is 0 Å². The zero-order valence-corrected chi connectivity index (χ0v) is 16.9. The molecule has 2 aromatic rings. The third-order valence-corrected chi connectivity index (χ3v) is 4.88. The number of piperazine rings is 1. The van der Waals surface area contributed by atoms with E-state index < -0.39 is 11.8 Å². The monoisotopic (exact) mass is 415 g/mol. The highest BCUT2D eigenvalue weighted by Crippen LogP contribution is 2.17. The zero-order chi connectivity index (χ0) is 21.3. The molecule has 1 aromatic carbocycles. The molecule has 1 aliphatic heterocycles. The lowest BCUT2D eigenvalue weighted by Gasteiger charge is -2.33. The SMILES string of the molecule is COC(=O)N1CCN(CCCc2cc(F)cc(NC(=O)Nc3cccnc3)c2)CC1. The number of nitrogens with zero attached hydrogens (tertiary/aromatic N) is 3. The topological polar surface area (TPSA) is 86.8 Å². The van der Waals surface area contributed by atoms with E-state index in [9.17, 15) is 14.0 Å². The zero-order valence-electron chi connectivity index (χ0n) is 16.9. The van der Waals surface area contributed by atoms with Crippen LogP contribution in [-0.4, -0.2) is 66.7 Å². The molecule has 160 valence electrons. The fraction of sp³-hybridized carbons (Fsp3) is 0.381. The average molecular weight is 415 g/mol. The number of carbonyl (C=O) groups is 2. The van der Waals surface area contributed by atoms with Crippen LogP contribution in [0.4, 0.5) is 25.4 Å². The highest BCUT2D eigenvalue weighted by molar-refractivity contribution is 5.99. The van der Waals surface area contributed by atoms with Gasteiger partial charge in [0.1, 0.15) is 5.82 Å². The number of aromatic nitrogens is 1. The van der Waals surface area contributed by atoms with Crippen molar-refractivity contribution in [3.63, 3.8) is 0 Å². The van der Waals surface area contributed by atoms with Gasteiger partial charge in [-0.2, -0.15) is 0 Å². The van der Waals surface area contributed by atoms with Gasteiger partial charge in [0, 0.05) is 38.1 Å². The maximum Gasteiger partial charge on any atom is 0.409 e. The van der Waals surface area contributed by atoms with E-state index in [4.69, 9.17) is 4.74 Å². The Labute approximate surface area is 175 Å². The minimum atomic E-state index is -0.456. The molecule has 9 heteroatoms. The Balaban J connectivity index is 1.46. The van der Waals surface area contributed by atoms with Crippen LogP contribution in [0.3, 0.4) is 0 Å². The molecule has 0 radical (unpaired) electrons. The van der Waals surface area contributed by atoms with Crippen LogP contribution in [0, 0.1) is 5.82 Å². The van der Waals surface area contributed by atoms with E-state index in [1.54, 1.807) is 29.3 Å². The van der Waals surface area contributed by atoms with Gasteiger partial charge in [-0.25, -0.2) is 14.0 Å². The number of benzene rings is 1. The lowest BCUT2D eigenvalue weighted by atomic mass is 10.1. The highest BCUT2D eigenvalue weighted by atomic mass is 19.1. The third kappa shape index (κ3) is 6.41. The quantitative estimate of drug-likeness (QED) is 0.757. The molecule has 3 amide bonds. The number of anilines is 2. The second kappa shape index (κ2) is 10.5. The van der Waals surface area contributed by atoms with Gasteiger partial charge in [-0.3, -0.25) is 9.88 Å². The molecule has 30 heavy (non-hydrogen) atoms. The average Bonchev–Trinajstić information content (AvgIpc) is 2.74. The Bertz CT molecular complexity index is 857. The predicted molar refractivity (Wildman–Crippen MR) is 112 cm³/mol. The lowest BCUT2D eigenvalue weighted by Crippen LogP contribution is -2.48. The van der Waals surface area contributed by atoms with Crippen LogP contribution in [-0.2, 0) is 11.2 Å². The summed E-state index contributed by atoms with van der Waals surface area (Å²) in [5.74, 6) is -0.393. The van der Waals surface area contributed by atoms with Crippen LogP contribution >= 0.6 is 0 Å². The van der Waals surface area contributed by atoms with E-state index >= 15 is 0 Å². The minimum Gasteiger partial charge on any atom is -0.453 e. The summed E-state index contributed by atoms with van der Waals surface area (Å²) in [6.07, 6.45) is 4.39. The molecule has 0 saturated carbocycles. The number of hydrogen-bond donors (Lipinski definition) is 2. The fourth-order valence-electron chi connectivity index (χ4n) is 3.39. The third-order valence-electron chi connectivity index (χ3n) is 4.88. The molecular weight excluding hydrogens is 389 g/mol. The number of methoxy groups -OCH3 is 1. The van der Waals surface area contributed by atoms with Gasteiger partial charge in [-0.15, -0.1) is 0 Å². The van der Waals surface area contributed by atoms with Crippen molar-refractivity contribution in [1.82, 2.24) is 14.8 Å². The van der Waals surface area contributed by atoms with Crippen molar-refractivity contribution in [2.45, 2.75) is 12.8 Å². The predicted octanol–water partition coefficient (Wildman–Crippen LogP) is 3.18. The molecule has 1 saturated heterocycles. The van der Waals surface area contributed by atoms with Gasteiger partial charge in [0.2, 0.25) is 0 Å². The molecule has 2 heterocycles. The van der Waals surface area contributed by atoms with Crippen LogP contribution in [0.2, 0.25) is 0 Å². The van der Waals surface area contributed by atoms with Crippen LogP contribution in [0.5, 0.6) is 0 Å². The van der Waals surface area contributed by atoms with E-state index in [-0.39, 0.29) is 6.09 Å². The molecule has 1 aliphatic rings. The van der Waals surface area contributed by atoms with Crippen LogP contribution in [0.15, 0.2) is 42.7 Å². The number of hydrogen-bond acceptors (Lipinski definition) is 5. The van der Waals surface area contributed by atoms with Gasteiger partial charge in [-0.1, -0.05) is 0 Å². The minimum absolute atomic E-state index is 0.290. The molecule has 3 rings (SSSR count). The van der Waals surface area contributed by atoms with Crippen molar-refractivity contribution in [3.05, 3.63) is 54.1 Å². The molecule has 0 unspecified atom stereocenters. The summed E-state index contributed by atoms with van der Waals surface area (Å²) < 4.78 is 18.7. The maximum atomic E-state index is 14.0. The molecule has 0 atom stereocenters. The van der Waals surface area contributed by atoms with Crippen molar-refractivity contribution in [2.75, 3.05) is 50.5 Å². The number of aryl methyl sites for hydroxylation is 1. The molecular formula is C21H26FN5O3. The number of urea groups is 1. The smallest absolute Gasteiger partial charge is 0.409 e. The van der Waals surface area contributed by atoms with Crippen molar-refractivity contribution < 1.29 is 18.7 Å². The normalized spacial score (nSPS) is 14.3. The Kier molecular flexibility index (Phi) is 7.56. The van der Waals surface area contributed by atoms with Gasteiger partial charge >= 0.3 is 12.1 Å². The summed E-state index contributed by atoms with van der Waals surface area (Å²) in [4.78, 5) is 31.5. The fourth-order valence-corrected chi connectivity index (χ4v) is 3.39. The summed E-state index contributed by atoms with van der Waals surface area (Å²) in [6, 6.07) is 7.53. The Morgan fingerprint density at radius 2 is 1.90 bits per heavy atom. The Hall–Kier alpha value is -3.20. The molecule has 2 N–H and O–H groups in total. The molecule has 1 fully saturated rings. The van der Waals surface area contributed by atoms with Crippen LogP contribution < -0.4 is 10.6 Å². The first-order valence-electron chi connectivity index (χ1n) is 9.86. The van der Waals surface area contributed by atoms with Gasteiger partial charge in [0.15, 0.2) is 0 Å². The first-order valence-corrected chi connectivity index (χ1v) is 9.86. The molecule has 1 aromatic heterocycles. The largest absolute Gasteiger partial charge is 0.453 e. The second-order valence-corrected chi connectivity index (χ2v) is 7.07. The van der Waals surface area contributed by atoms with Crippen molar-refractivity contribution in [2.24, 2.45) is 0 Å². The molecule has 8 nitrogen and oxygen atoms in total. The molecule has 0 spiro atoms. The number of rotatable bonds is 6. The number of pyridine rings is 1. The van der Waals surface area contributed by atoms with E-state index in [2.05, 4.69) is 20.5 Å². The Morgan fingerprint density at radius 3 is 2.60 bits per heavy atom. The molecule has 0 aliphatic carbocycles. The lowest BCUT2D eigenvalue weighted by molar-refractivity contribution is 0.0907. The first kappa shape index (κ1) is 21.5. The standard InChI is InChI=1S/C21H26FN5O3/c1-30-21(29)27-10-8-26(9-11-27)7-3-4-16-12-17(22)14-19(13-16)25-20(28)24-18-5-2-6-23-15-18/h2,5-6,12-15H,3-4,7-11H2,1H3,(H2,24,25,28). The van der Waals surface area contributed by atoms with E-state index in [1.807, 2.05) is 0 Å². The Morgan fingerprint density at radius 1 is 1.13 bits per heavy atom. The number of ether oxygens (including phenoxy) is 1. The summed E-state index contributed by atoms with van der Waals surface area (Å²) >= 11 is 0. The molecule has 0 bridgehead atoms. The number of amides is 3. The van der Waals surface area contributed by atoms with Crippen LogP contribution in [0.25, 0.3) is 0 Å². The summed E-state index contributed by atoms with van der Waals surface area (Å²) in [7, 11) is 1.39. The van der Waals surface area contributed by atoms with E-state index in [0.29, 0.717) is 30.9 Å². The van der Waals surface area contributed by atoms with Gasteiger partial charge in [-0.05, 0) is 55.3 Å². The first-order chi connectivity index (χ1) is 14.5. The van der Waals surface area contributed by atoms with Crippen molar-refractivity contribution in [3.8, 4) is 0 Å². The highest BCUT2D eigenvalue weighted by Gasteiger charge is 2.20. The van der Waals surface area contributed by atoms with Crippen LogP contribution in [0.1, 0.15) is 12.0 Å². The van der Waals surface area contributed by atoms with Gasteiger partial charge < -0.3 is 20.3 Å². The summed E-state index contributed by atoms with van der Waals surface area (Å²) in [5, 5.41) is 5.31. The number of carbonyl (C=O) groups excluding carboxylic acids is 2. The summed E-state index contributed by atoms with van der Waals surface area (Å²) in [6.45, 7) is 3.73. The van der Waals surface area contributed by atoms with Gasteiger partial charge in [0.05, 0.1) is 19.0 Å². The van der Waals surface area contributed by atoms with Crippen molar-refractivity contribution in [1.29, 1.82) is 0 Å². The maximum absolute atomic E-state index is 14.0. The number of nitrogens with one attached hydrogen (secondary N) is 2. The van der Waals surface area contributed by atoms with E-state index in [0.717, 1.165) is 31.6 Å². The van der Waals surface area contributed by atoms with Crippen molar-refractivity contribution >= 4 is 23.5 Å². The van der Waals surface area contributed by atoms with E-state index in [1.165, 1.54) is 25.4 Å². The second-order valence-electron chi connectivity index (χ2n) is 7.07. The number of halogens is 1.